The molecule has 0 bridgehead atoms. The lowest BCUT2D eigenvalue weighted by Gasteiger charge is -2.28. The molecule has 0 heterocycles. The standard InChI is InChI=1S/C17H25N3O2.ClH/c1-12-4-2-6-14(10-12)20(9-8-16(19)21)17(22)15-7-3-5-13(15)11-18;/h2,4,6,10,13,15H,3,5,7-9,11,18H2,1H3,(H2,19,21);1H/t13-,15-;/m1./s1. The number of benzene rings is 1. The fourth-order valence-corrected chi connectivity index (χ4v) is 3.23. The SMILES string of the molecule is Cc1cccc(N(CCC(N)=O)C(=O)[C@@H]2CCC[C@@H]2CN)c1.Cl. The Balaban J connectivity index is 0.00000264. The largest absolute Gasteiger partial charge is 0.370 e. The van der Waals surface area contributed by atoms with Crippen molar-refractivity contribution in [2.75, 3.05) is 18.0 Å². The summed E-state index contributed by atoms with van der Waals surface area (Å²) in [4.78, 5) is 25.8. The summed E-state index contributed by atoms with van der Waals surface area (Å²) < 4.78 is 0. The van der Waals surface area contributed by atoms with Crippen LogP contribution < -0.4 is 16.4 Å². The summed E-state index contributed by atoms with van der Waals surface area (Å²) in [5.74, 6) is -0.126. The zero-order valence-corrected chi connectivity index (χ0v) is 14.3. The highest BCUT2D eigenvalue weighted by Gasteiger charge is 2.35. The predicted molar refractivity (Wildman–Crippen MR) is 94.5 cm³/mol. The highest BCUT2D eigenvalue weighted by molar-refractivity contribution is 5.96. The molecule has 0 saturated heterocycles. The first-order valence-electron chi connectivity index (χ1n) is 7.89. The lowest BCUT2D eigenvalue weighted by Crippen LogP contribution is -2.40. The number of nitrogens with zero attached hydrogens (tertiary/aromatic N) is 1. The van der Waals surface area contributed by atoms with Crippen LogP contribution in [-0.4, -0.2) is 24.9 Å². The minimum Gasteiger partial charge on any atom is -0.370 e. The number of aryl methyl sites for hydroxylation is 1. The predicted octanol–water partition coefficient (Wildman–Crippen LogP) is 2.00. The van der Waals surface area contributed by atoms with Gasteiger partial charge in [0.05, 0.1) is 0 Å². The molecular weight excluding hydrogens is 314 g/mol. The molecule has 1 fully saturated rings. The van der Waals surface area contributed by atoms with Crippen LogP contribution in [-0.2, 0) is 9.59 Å². The van der Waals surface area contributed by atoms with Crippen LogP contribution in [0, 0.1) is 18.8 Å². The second-order valence-corrected chi connectivity index (χ2v) is 6.08. The van der Waals surface area contributed by atoms with Crippen LogP contribution in [0.25, 0.3) is 0 Å². The molecule has 2 amide bonds. The number of halogens is 1. The molecule has 1 saturated carbocycles. The molecule has 1 aromatic carbocycles. The zero-order valence-electron chi connectivity index (χ0n) is 13.5. The molecule has 4 N–H and O–H groups in total. The fraction of sp³-hybridized carbons (Fsp3) is 0.529. The molecule has 2 atom stereocenters. The van der Waals surface area contributed by atoms with E-state index in [4.69, 9.17) is 11.5 Å². The molecule has 0 radical (unpaired) electrons. The Hall–Kier alpha value is -1.59. The quantitative estimate of drug-likeness (QED) is 0.830. The monoisotopic (exact) mass is 339 g/mol. The van der Waals surface area contributed by atoms with Crippen molar-refractivity contribution < 1.29 is 9.59 Å². The van der Waals surface area contributed by atoms with E-state index in [9.17, 15) is 9.59 Å². The first kappa shape index (κ1) is 19.5. The van der Waals surface area contributed by atoms with E-state index in [2.05, 4.69) is 0 Å². The molecular formula is C17H26ClN3O2. The van der Waals surface area contributed by atoms with Crippen molar-refractivity contribution in [2.45, 2.75) is 32.6 Å². The molecule has 0 aromatic heterocycles. The van der Waals surface area contributed by atoms with Gasteiger partial charge in [0, 0.05) is 24.6 Å². The Bertz CT molecular complexity index is 550. The summed E-state index contributed by atoms with van der Waals surface area (Å²) in [7, 11) is 0. The summed E-state index contributed by atoms with van der Waals surface area (Å²) in [5.41, 5.74) is 13.0. The maximum absolute atomic E-state index is 13.0. The molecule has 0 aliphatic heterocycles. The molecule has 5 nitrogen and oxygen atoms in total. The van der Waals surface area contributed by atoms with Crippen LogP contribution >= 0.6 is 12.4 Å². The Morgan fingerprint density at radius 2 is 2.04 bits per heavy atom. The molecule has 1 aromatic rings. The van der Waals surface area contributed by atoms with Gasteiger partial charge in [-0.1, -0.05) is 18.6 Å². The van der Waals surface area contributed by atoms with Crippen molar-refractivity contribution in [2.24, 2.45) is 23.3 Å². The zero-order chi connectivity index (χ0) is 16.1. The lowest BCUT2D eigenvalue weighted by molar-refractivity contribution is -0.123. The van der Waals surface area contributed by atoms with E-state index in [1.165, 1.54) is 0 Å². The van der Waals surface area contributed by atoms with Crippen LogP contribution in [0.15, 0.2) is 24.3 Å². The van der Waals surface area contributed by atoms with Gasteiger partial charge in [-0.2, -0.15) is 0 Å². The normalized spacial score (nSPS) is 19.9. The Kier molecular flexibility index (Phi) is 7.52. The second-order valence-electron chi connectivity index (χ2n) is 6.08. The summed E-state index contributed by atoms with van der Waals surface area (Å²) in [6, 6.07) is 7.77. The fourth-order valence-electron chi connectivity index (χ4n) is 3.23. The van der Waals surface area contributed by atoms with Crippen molar-refractivity contribution >= 4 is 29.9 Å². The Morgan fingerprint density at radius 1 is 1.30 bits per heavy atom. The van der Waals surface area contributed by atoms with Gasteiger partial charge in [0.2, 0.25) is 11.8 Å². The van der Waals surface area contributed by atoms with Crippen molar-refractivity contribution in [1.82, 2.24) is 0 Å². The number of rotatable bonds is 6. The van der Waals surface area contributed by atoms with E-state index in [0.717, 1.165) is 30.5 Å². The van der Waals surface area contributed by atoms with Gasteiger partial charge in [-0.25, -0.2) is 0 Å². The molecule has 1 aliphatic rings. The highest BCUT2D eigenvalue weighted by Crippen LogP contribution is 2.33. The summed E-state index contributed by atoms with van der Waals surface area (Å²) in [5, 5.41) is 0. The molecule has 6 heteroatoms. The molecule has 0 unspecified atom stereocenters. The van der Waals surface area contributed by atoms with Crippen LogP contribution in [0.5, 0.6) is 0 Å². The van der Waals surface area contributed by atoms with Gasteiger partial charge in [0.1, 0.15) is 0 Å². The van der Waals surface area contributed by atoms with Gasteiger partial charge >= 0.3 is 0 Å². The highest BCUT2D eigenvalue weighted by atomic mass is 35.5. The number of hydrogen-bond donors (Lipinski definition) is 2. The van der Waals surface area contributed by atoms with E-state index in [1.54, 1.807) is 4.90 Å². The van der Waals surface area contributed by atoms with Crippen molar-refractivity contribution in [3.63, 3.8) is 0 Å². The molecule has 0 spiro atoms. The van der Waals surface area contributed by atoms with Gasteiger partial charge in [-0.05, 0) is 49.9 Å². The topological polar surface area (TPSA) is 89.4 Å². The van der Waals surface area contributed by atoms with Gasteiger partial charge in [0.15, 0.2) is 0 Å². The van der Waals surface area contributed by atoms with Gasteiger partial charge in [-0.15, -0.1) is 12.4 Å². The summed E-state index contributed by atoms with van der Waals surface area (Å²) in [6.45, 7) is 2.85. The van der Waals surface area contributed by atoms with Crippen LogP contribution in [0.1, 0.15) is 31.2 Å². The number of carbonyl (C=O) groups excluding carboxylic acids is 2. The Morgan fingerprint density at radius 3 is 2.65 bits per heavy atom. The van der Waals surface area contributed by atoms with E-state index in [-0.39, 0.29) is 36.6 Å². The van der Waals surface area contributed by atoms with E-state index in [0.29, 0.717) is 13.1 Å². The third kappa shape index (κ3) is 4.94. The van der Waals surface area contributed by atoms with E-state index >= 15 is 0 Å². The number of nitrogens with two attached hydrogens (primary N) is 2. The molecule has 23 heavy (non-hydrogen) atoms. The van der Waals surface area contributed by atoms with Crippen LogP contribution in [0.3, 0.4) is 0 Å². The minimum absolute atomic E-state index is 0. The summed E-state index contributed by atoms with van der Waals surface area (Å²) in [6.07, 6.45) is 3.08. The molecule has 2 rings (SSSR count). The number of amides is 2. The van der Waals surface area contributed by atoms with E-state index < -0.39 is 5.91 Å². The van der Waals surface area contributed by atoms with Crippen molar-refractivity contribution in [1.29, 1.82) is 0 Å². The number of carbonyl (C=O) groups is 2. The lowest BCUT2D eigenvalue weighted by atomic mass is 9.94. The minimum atomic E-state index is -0.396. The van der Waals surface area contributed by atoms with E-state index in [1.807, 2.05) is 31.2 Å². The number of primary amides is 1. The third-order valence-electron chi connectivity index (χ3n) is 4.44. The van der Waals surface area contributed by atoms with Gasteiger partial charge < -0.3 is 16.4 Å². The van der Waals surface area contributed by atoms with Crippen LogP contribution in [0.2, 0.25) is 0 Å². The average molecular weight is 340 g/mol. The smallest absolute Gasteiger partial charge is 0.230 e. The number of hydrogen-bond acceptors (Lipinski definition) is 3. The first-order valence-corrected chi connectivity index (χ1v) is 7.89. The first-order chi connectivity index (χ1) is 10.5. The number of anilines is 1. The maximum Gasteiger partial charge on any atom is 0.230 e. The van der Waals surface area contributed by atoms with Crippen molar-refractivity contribution in [3.05, 3.63) is 29.8 Å². The van der Waals surface area contributed by atoms with Crippen molar-refractivity contribution in [3.8, 4) is 0 Å². The second kappa shape index (κ2) is 8.89. The third-order valence-corrected chi connectivity index (χ3v) is 4.44. The molecule has 128 valence electrons. The summed E-state index contributed by atoms with van der Waals surface area (Å²) >= 11 is 0. The van der Waals surface area contributed by atoms with Gasteiger partial charge in [0.25, 0.3) is 0 Å². The maximum atomic E-state index is 13.0. The molecule has 1 aliphatic carbocycles. The van der Waals surface area contributed by atoms with Gasteiger partial charge in [-0.3, -0.25) is 9.59 Å². The van der Waals surface area contributed by atoms with Crippen LogP contribution in [0.4, 0.5) is 5.69 Å². The average Bonchev–Trinajstić information content (AvgIpc) is 2.95. The Labute approximate surface area is 143 Å².